The molecule has 6 heteroatoms. The number of primary amides is 1. The van der Waals surface area contributed by atoms with Crippen molar-refractivity contribution in [2.75, 3.05) is 24.3 Å². The molecule has 0 saturated carbocycles. The molecule has 1 aromatic carbocycles. The van der Waals surface area contributed by atoms with Gasteiger partial charge in [-0.05, 0) is 17.5 Å². The third kappa shape index (κ3) is 3.51. The van der Waals surface area contributed by atoms with Gasteiger partial charge in [-0.3, -0.25) is 0 Å². The Labute approximate surface area is 124 Å². The Morgan fingerprint density at radius 1 is 1.48 bits per heavy atom. The van der Waals surface area contributed by atoms with Gasteiger partial charge in [-0.2, -0.15) is 0 Å². The van der Waals surface area contributed by atoms with E-state index < -0.39 is 6.09 Å². The Kier molecular flexibility index (Phi) is 4.16. The summed E-state index contributed by atoms with van der Waals surface area (Å²) in [7, 11) is 0. The maximum absolute atomic E-state index is 10.9. The Hall–Kier alpha value is -2.11. The fourth-order valence-corrected chi connectivity index (χ4v) is 2.31. The Morgan fingerprint density at radius 3 is 2.81 bits per heavy atom. The summed E-state index contributed by atoms with van der Waals surface area (Å²) < 4.78 is 10.5. The first kappa shape index (κ1) is 15.3. The first-order chi connectivity index (χ1) is 9.79. The zero-order valence-corrected chi connectivity index (χ0v) is 12.7. The van der Waals surface area contributed by atoms with Crippen LogP contribution in [0.4, 0.5) is 16.2 Å². The Morgan fingerprint density at radius 2 is 2.19 bits per heavy atom. The number of ether oxygens (including phenoxy) is 2. The summed E-state index contributed by atoms with van der Waals surface area (Å²) in [5.74, 6) is 0.857. The molecule has 0 saturated heterocycles. The van der Waals surface area contributed by atoms with E-state index in [1.54, 1.807) is 0 Å². The lowest BCUT2D eigenvalue weighted by atomic mass is 9.86. The molecule has 0 bridgehead atoms. The van der Waals surface area contributed by atoms with E-state index in [0.717, 1.165) is 23.4 Å². The summed E-state index contributed by atoms with van der Waals surface area (Å²) in [5.41, 5.74) is 13.6. The summed E-state index contributed by atoms with van der Waals surface area (Å²) in [4.78, 5) is 10.9. The molecule has 1 aliphatic rings. The number of anilines is 2. The predicted molar refractivity (Wildman–Crippen MR) is 82.5 cm³/mol. The molecule has 116 valence electrons. The SMILES string of the molecule is CC(C)(C)C(COC(N)=O)Nc1c(N)ccc2c1CCO2. The minimum atomic E-state index is -0.777. The van der Waals surface area contributed by atoms with Crippen LogP contribution in [0.15, 0.2) is 12.1 Å². The van der Waals surface area contributed by atoms with Crippen molar-refractivity contribution < 1.29 is 14.3 Å². The molecule has 5 N–H and O–H groups in total. The number of carbonyl (C=O) groups is 1. The van der Waals surface area contributed by atoms with Crippen molar-refractivity contribution in [2.24, 2.45) is 11.1 Å². The number of rotatable bonds is 4. The fourth-order valence-electron chi connectivity index (χ4n) is 2.31. The van der Waals surface area contributed by atoms with Crippen molar-refractivity contribution >= 4 is 17.5 Å². The molecule has 1 amide bonds. The van der Waals surface area contributed by atoms with E-state index in [4.69, 9.17) is 20.9 Å². The van der Waals surface area contributed by atoms with Crippen molar-refractivity contribution in [2.45, 2.75) is 33.2 Å². The lowest BCUT2D eigenvalue weighted by Gasteiger charge is -2.32. The van der Waals surface area contributed by atoms with Gasteiger partial charge in [0.1, 0.15) is 12.4 Å². The first-order valence-corrected chi connectivity index (χ1v) is 7.02. The second-order valence-electron chi connectivity index (χ2n) is 6.30. The number of hydrogen-bond donors (Lipinski definition) is 3. The number of benzene rings is 1. The lowest BCUT2D eigenvalue weighted by Crippen LogP contribution is -2.39. The smallest absolute Gasteiger partial charge is 0.404 e. The Balaban J connectivity index is 2.25. The van der Waals surface area contributed by atoms with Crippen molar-refractivity contribution in [3.8, 4) is 5.75 Å². The van der Waals surface area contributed by atoms with Gasteiger partial charge in [-0.25, -0.2) is 4.79 Å². The van der Waals surface area contributed by atoms with Crippen LogP contribution < -0.4 is 21.5 Å². The molecule has 0 aromatic heterocycles. The van der Waals surface area contributed by atoms with Crippen LogP contribution >= 0.6 is 0 Å². The molecule has 0 fully saturated rings. The van der Waals surface area contributed by atoms with Crippen LogP contribution in [0, 0.1) is 5.41 Å². The van der Waals surface area contributed by atoms with Gasteiger partial charge in [0, 0.05) is 12.0 Å². The minimum absolute atomic E-state index is 0.112. The number of nitrogen functional groups attached to an aromatic ring is 1. The van der Waals surface area contributed by atoms with E-state index in [9.17, 15) is 4.79 Å². The maximum Gasteiger partial charge on any atom is 0.404 e. The average molecular weight is 293 g/mol. The van der Waals surface area contributed by atoms with Crippen LogP contribution in [0.25, 0.3) is 0 Å². The highest BCUT2D eigenvalue weighted by atomic mass is 16.5. The molecule has 2 rings (SSSR count). The average Bonchev–Trinajstić information content (AvgIpc) is 2.83. The minimum Gasteiger partial charge on any atom is -0.493 e. The van der Waals surface area contributed by atoms with Crippen molar-refractivity contribution in [3.05, 3.63) is 17.7 Å². The molecular weight excluding hydrogens is 270 g/mol. The van der Waals surface area contributed by atoms with E-state index in [0.29, 0.717) is 12.3 Å². The van der Waals surface area contributed by atoms with E-state index in [2.05, 4.69) is 26.1 Å². The van der Waals surface area contributed by atoms with E-state index in [1.165, 1.54) is 0 Å². The van der Waals surface area contributed by atoms with E-state index in [-0.39, 0.29) is 18.1 Å². The van der Waals surface area contributed by atoms with Gasteiger partial charge in [-0.1, -0.05) is 20.8 Å². The van der Waals surface area contributed by atoms with Gasteiger partial charge in [-0.15, -0.1) is 0 Å². The molecule has 1 unspecified atom stereocenters. The number of carbonyl (C=O) groups excluding carboxylic acids is 1. The molecule has 0 radical (unpaired) electrons. The van der Waals surface area contributed by atoms with E-state index in [1.807, 2.05) is 12.1 Å². The molecule has 6 nitrogen and oxygen atoms in total. The molecule has 0 spiro atoms. The van der Waals surface area contributed by atoms with Gasteiger partial charge in [0.05, 0.1) is 24.0 Å². The number of fused-ring (bicyclic) bond motifs is 1. The largest absolute Gasteiger partial charge is 0.493 e. The van der Waals surface area contributed by atoms with Gasteiger partial charge in [0.25, 0.3) is 0 Å². The molecule has 21 heavy (non-hydrogen) atoms. The third-order valence-electron chi connectivity index (χ3n) is 3.67. The van der Waals surface area contributed by atoms with Crippen LogP contribution in [0.5, 0.6) is 5.75 Å². The van der Waals surface area contributed by atoms with Crippen LogP contribution in [0.3, 0.4) is 0 Å². The maximum atomic E-state index is 10.9. The monoisotopic (exact) mass is 293 g/mol. The number of hydrogen-bond acceptors (Lipinski definition) is 5. The standard InChI is InChI=1S/C15H23N3O3/c1-15(2,3)12(8-21-14(17)19)18-13-9-6-7-20-11(9)5-4-10(13)16/h4-5,12,18H,6-8,16H2,1-3H3,(H2,17,19). The van der Waals surface area contributed by atoms with Crippen molar-refractivity contribution in [1.82, 2.24) is 0 Å². The normalized spacial score (nSPS) is 15.0. The molecule has 0 aliphatic carbocycles. The quantitative estimate of drug-likeness (QED) is 0.738. The van der Waals surface area contributed by atoms with Gasteiger partial charge in [0.2, 0.25) is 0 Å². The third-order valence-corrected chi connectivity index (χ3v) is 3.67. The van der Waals surface area contributed by atoms with Crippen LogP contribution in [-0.4, -0.2) is 25.3 Å². The second kappa shape index (κ2) is 5.71. The predicted octanol–water partition coefficient (Wildman–Crippen LogP) is 2.13. The number of nitrogens with two attached hydrogens (primary N) is 2. The van der Waals surface area contributed by atoms with E-state index >= 15 is 0 Å². The summed E-state index contributed by atoms with van der Waals surface area (Å²) in [6.07, 6.45) is 0.0385. The highest BCUT2D eigenvalue weighted by Crippen LogP contribution is 2.37. The highest BCUT2D eigenvalue weighted by Gasteiger charge is 2.28. The molecule has 1 atom stereocenters. The molecular formula is C15H23N3O3. The topological polar surface area (TPSA) is 99.6 Å². The number of nitrogens with one attached hydrogen (secondary N) is 1. The summed E-state index contributed by atoms with van der Waals surface area (Å²) in [5, 5.41) is 3.41. The Bertz CT molecular complexity index is 538. The van der Waals surface area contributed by atoms with Gasteiger partial charge in [0.15, 0.2) is 0 Å². The molecule has 1 heterocycles. The van der Waals surface area contributed by atoms with Gasteiger partial charge >= 0.3 is 6.09 Å². The highest BCUT2D eigenvalue weighted by molar-refractivity contribution is 5.75. The number of amides is 1. The van der Waals surface area contributed by atoms with Crippen LogP contribution in [0.2, 0.25) is 0 Å². The van der Waals surface area contributed by atoms with Crippen molar-refractivity contribution in [3.63, 3.8) is 0 Å². The first-order valence-electron chi connectivity index (χ1n) is 7.02. The summed E-state index contributed by atoms with van der Waals surface area (Å²) in [6.45, 7) is 7.02. The fraction of sp³-hybridized carbons (Fsp3) is 0.533. The van der Waals surface area contributed by atoms with Gasteiger partial charge < -0.3 is 26.3 Å². The summed E-state index contributed by atoms with van der Waals surface area (Å²) in [6, 6.07) is 3.59. The van der Waals surface area contributed by atoms with Crippen molar-refractivity contribution in [1.29, 1.82) is 0 Å². The van der Waals surface area contributed by atoms with Crippen LogP contribution in [-0.2, 0) is 11.2 Å². The molecule has 1 aliphatic heterocycles. The summed E-state index contributed by atoms with van der Waals surface area (Å²) >= 11 is 0. The van der Waals surface area contributed by atoms with Crippen LogP contribution in [0.1, 0.15) is 26.3 Å². The molecule has 1 aromatic rings. The zero-order chi connectivity index (χ0) is 15.6. The lowest BCUT2D eigenvalue weighted by molar-refractivity contribution is 0.132. The zero-order valence-electron chi connectivity index (χ0n) is 12.7. The second-order valence-corrected chi connectivity index (χ2v) is 6.30.